The fourth-order valence-electron chi connectivity index (χ4n) is 2.77. The molecule has 0 N–H and O–H groups in total. The van der Waals surface area contributed by atoms with Gasteiger partial charge in [-0.15, -0.1) is 23.1 Å². The van der Waals surface area contributed by atoms with Crippen LogP contribution in [0.15, 0.2) is 41.8 Å². The van der Waals surface area contributed by atoms with E-state index in [4.69, 9.17) is 11.6 Å². The molecule has 3 amide bonds. The molecule has 3 heterocycles. The molecule has 0 saturated carbocycles. The average molecular weight is 351 g/mol. The largest absolute Gasteiger partial charge is 0.333 e. The lowest BCUT2D eigenvalue weighted by atomic mass is 10.2. The van der Waals surface area contributed by atoms with Gasteiger partial charge in [0.15, 0.2) is 0 Å². The Morgan fingerprint density at radius 3 is 2.59 bits per heavy atom. The molecule has 2 fully saturated rings. The minimum Gasteiger partial charge on any atom is -0.294 e. The predicted molar refractivity (Wildman–Crippen MR) is 89.5 cm³/mol. The molecule has 7 heteroatoms. The van der Waals surface area contributed by atoms with E-state index in [1.807, 2.05) is 17.5 Å². The predicted octanol–water partition coefficient (Wildman–Crippen LogP) is 3.98. The van der Waals surface area contributed by atoms with Gasteiger partial charge in [0.2, 0.25) is 0 Å². The van der Waals surface area contributed by atoms with Gasteiger partial charge < -0.3 is 0 Å². The van der Waals surface area contributed by atoms with E-state index in [0.29, 0.717) is 16.5 Å². The van der Waals surface area contributed by atoms with Crippen LogP contribution in [-0.4, -0.2) is 28.6 Å². The first kappa shape index (κ1) is 14.1. The van der Waals surface area contributed by atoms with Crippen LogP contribution in [0.5, 0.6) is 0 Å². The second-order valence-corrected chi connectivity index (χ2v) is 7.59. The average Bonchev–Trinajstić information content (AvgIpc) is 3.21. The Hall–Kier alpha value is -1.50. The Kier molecular flexibility index (Phi) is 3.40. The molecule has 2 atom stereocenters. The van der Waals surface area contributed by atoms with Crippen molar-refractivity contribution in [3.8, 4) is 0 Å². The number of halogens is 1. The Labute approximate surface area is 140 Å². The molecule has 1 aromatic heterocycles. The molecule has 0 unspecified atom stereocenters. The van der Waals surface area contributed by atoms with Crippen LogP contribution in [0.4, 0.5) is 10.5 Å². The molecule has 0 aliphatic carbocycles. The van der Waals surface area contributed by atoms with Gasteiger partial charge in [-0.25, -0.2) is 9.69 Å². The molecule has 112 valence electrons. The standard InChI is InChI=1S/C15H11ClN2O2S2/c16-9-3-5-10(6-4-9)17-13(19)11-8-22-14(18(11)15(17)20)12-2-1-7-21-12/h1-7,11,14H,8H2/t11-,14+/m0/s1. The fourth-order valence-corrected chi connectivity index (χ4v) is 5.27. The molecule has 4 nitrogen and oxygen atoms in total. The minimum absolute atomic E-state index is 0.0706. The van der Waals surface area contributed by atoms with Crippen LogP contribution in [0.3, 0.4) is 0 Å². The van der Waals surface area contributed by atoms with Gasteiger partial charge in [-0.05, 0) is 35.7 Å². The molecule has 4 rings (SSSR count). The van der Waals surface area contributed by atoms with Gasteiger partial charge >= 0.3 is 6.03 Å². The van der Waals surface area contributed by atoms with E-state index in [1.54, 1.807) is 52.3 Å². The molecule has 2 aliphatic heterocycles. The zero-order chi connectivity index (χ0) is 15.3. The van der Waals surface area contributed by atoms with Crippen molar-refractivity contribution in [2.24, 2.45) is 0 Å². The Morgan fingerprint density at radius 2 is 1.91 bits per heavy atom. The maximum Gasteiger partial charge on any atom is 0.333 e. The number of anilines is 1. The highest BCUT2D eigenvalue weighted by atomic mass is 35.5. The van der Waals surface area contributed by atoms with Crippen molar-refractivity contribution in [3.05, 3.63) is 51.7 Å². The first-order valence-corrected chi connectivity index (χ1v) is 9.04. The van der Waals surface area contributed by atoms with Gasteiger partial charge in [0, 0.05) is 15.7 Å². The zero-order valence-electron chi connectivity index (χ0n) is 11.3. The van der Waals surface area contributed by atoms with E-state index >= 15 is 0 Å². The first-order chi connectivity index (χ1) is 10.7. The molecule has 1 aromatic carbocycles. The highest BCUT2D eigenvalue weighted by Gasteiger charge is 2.53. The van der Waals surface area contributed by atoms with Crippen LogP contribution in [0.1, 0.15) is 10.3 Å². The summed E-state index contributed by atoms with van der Waals surface area (Å²) in [6, 6.07) is 10.1. The van der Waals surface area contributed by atoms with Crippen LogP contribution in [-0.2, 0) is 4.79 Å². The molecule has 0 radical (unpaired) electrons. The molecule has 2 aromatic rings. The number of rotatable bonds is 2. The van der Waals surface area contributed by atoms with Gasteiger partial charge in [-0.3, -0.25) is 9.69 Å². The number of imide groups is 1. The van der Waals surface area contributed by atoms with Crippen molar-refractivity contribution in [3.63, 3.8) is 0 Å². The number of benzene rings is 1. The summed E-state index contributed by atoms with van der Waals surface area (Å²) in [5.41, 5.74) is 0.573. The van der Waals surface area contributed by atoms with Crippen molar-refractivity contribution < 1.29 is 9.59 Å². The number of carbonyl (C=O) groups excluding carboxylic acids is 2. The lowest BCUT2D eigenvalue weighted by Gasteiger charge is -2.21. The number of thioether (sulfide) groups is 1. The Morgan fingerprint density at radius 1 is 1.14 bits per heavy atom. The second-order valence-electron chi connectivity index (χ2n) is 5.06. The summed E-state index contributed by atoms with van der Waals surface area (Å²) in [4.78, 5) is 29.5. The van der Waals surface area contributed by atoms with Crippen LogP contribution >= 0.6 is 34.7 Å². The Bertz CT molecular complexity index is 733. The molecular formula is C15H11ClN2O2S2. The third kappa shape index (κ3) is 2.06. The van der Waals surface area contributed by atoms with E-state index in [0.717, 1.165) is 4.88 Å². The van der Waals surface area contributed by atoms with Gasteiger partial charge in [0.1, 0.15) is 11.4 Å². The first-order valence-electron chi connectivity index (χ1n) is 6.73. The highest BCUT2D eigenvalue weighted by molar-refractivity contribution is 7.99. The van der Waals surface area contributed by atoms with Crippen LogP contribution < -0.4 is 4.90 Å². The van der Waals surface area contributed by atoms with Crippen molar-refractivity contribution in [2.45, 2.75) is 11.4 Å². The smallest absolute Gasteiger partial charge is 0.294 e. The maximum atomic E-state index is 12.8. The lowest BCUT2D eigenvalue weighted by molar-refractivity contribution is -0.119. The third-order valence-electron chi connectivity index (χ3n) is 3.79. The van der Waals surface area contributed by atoms with E-state index in [2.05, 4.69) is 0 Å². The number of urea groups is 1. The monoisotopic (exact) mass is 350 g/mol. The van der Waals surface area contributed by atoms with Gasteiger partial charge in [0.05, 0.1) is 5.69 Å². The highest BCUT2D eigenvalue weighted by Crippen LogP contribution is 2.47. The fraction of sp³-hybridized carbons (Fsp3) is 0.200. The lowest BCUT2D eigenvalue weighted by Crippen LogP contribution is -2.33. The summed E-state index contributed by atoms with van der Waals surface area (Å²) in [6.45, 7) is 0. The summed E-state index contributed by atoms with van der Waals surface area (Å²) in [7, 11) is 0. The van der Waals surface area contributed by atoms with Crippen LogP contribution in [0.25, 0.3) is 0 Å². The molecule has 22 heavy (non-hydrogen) atoms. The summed E-state index contributed by atoms with van der Waals surface area (Å²) < 4.78 is 0. The summed E-state index contributed by atoms with van der Waals surface area (Å²) >= 11 is 9.13. The van der Waals surface area contributed by atoms with Gasteiger partial charge in [0.25, 0.3) is 5.91 Å². The van der Waals surface area contributed by atoms with Crippen molar-refractivity contribution in [2.75, 3.05) is 10.7 Å². The van der Waals surface area contributed by atoms with Gasteiger partial charge in [-0.2, -0.15) is 0 Å². The number of thiophene rings is 1. The molecule has 2 saturated heterocycles. The number of nitrogens with zero attached hydrogens (tertiary/aromatic N) is 2. The minimum atomic E-state index is -0.375. The summed E-state index contributed by atoms with van der Waals surface area (Å²) in [5, 5.41) is 2.50. The SMILES string of the molecule is O=C1[C@@H]2CS[C@H](c3cccs3)N2C(=O)N1c1ccc(Cl)cc1. The Balaban J connectivity index is 1.69. The topological polar surface area (TPSA) is 40.6 Å². The zero-order valence-corrected chi connectivity index (χ0v) is 13.7. The van der Waals surface area contributed by atoms with Crippen molar-refractivity contribution in [1.82, 2.24) is 4.90 Å². The summed E-state index contributed by atoms with van der Waals surface area (Å²) in [6.07, 6.45) is 0. The number of amides is 3. The number of hydrogen-bond donors (Lipinski definition) is 0. The molecular weight excluding hydrogens is 340 g/mol. The number of carbonyl (C=O) groups is 2. The number of fused-ring (bicyclic) bond motifs is 1. The molecule has 0 spiro atoms. The summed E-state index contributed by atoms with van der Waals surface area (Å²) in [5.74, 6) is 0.482. The molecule has 2 aliphatic rings. The van der Waals surface area contributed by atoms with Crippen molar-refractivity contribution in [1.29, 1.82) is 0 Å². The van der Waals surface area contributed by atoms with E-state index < -0.39 is 0 Å². The van der Waals surface area contributed by atoms with Crippen LogP contribution in [0.2, 0.25) is 5.02 Å². The maximum absolute atomic E-state index is 12.8. The van der Waals surface area contributed by atoms with Gasteiger partial charge in [-0.1, -0.05) is 17.7 Å². The third-order valence-corrected chi connectivity index (χ3v) is 6.42. The van der Waals surface area contributed by atoms with Crippen LogP contribution in [0, 0.1) is 0 Å². The quantitative estimate of drug-likeness (QED) is 0.769. The second kappa shape index (κ2) is 5.30. The van der Waals surface area contributed by atoms with E-state index in [1.165, 1.54) is 4.90 Å². The van der Waals surface area contributed by atoms with E-state index in [9.17, 15) is 9.59 Å². The molecule has 0 bridgehead atoms. The van der Waals surface area contributed by atoms with E-state index in [-0.39, 0.29) is 23.4 Å². The van der Waals surface area contributed by atoms with Crippen molar-refractivity contribution >= 4 is 52.3 Å². The number of hydrogen-bond acceptors (Lipinski definition) is 4. The normalized spacial score (nSPS) is 24.2.